The lowest BCUT2D eigenvalue weighted by molar-refractivity contribution is -0.230. The van der Waals surface area contributed by atoms with Crippen molar-refractivity contribution < 1.29 is 46.9 Å². The maximum Gasteiger partial charge on any atom is 0.509 e. The van der Waals surface area contributed by atoms with Crippen LogP contribution in [-0.4, -0.2) is 53.4 Å². The molecule has 0 unspecified atom stereocenters. The number of hydrogen-bond acceptors (Lipinski definition) is 7. The van der Waals surface area contributed by atoms with Crippen LogP contribution in [0.25, 0.3) is 0 Å². The van der Waals surface area contributed by atoms with Crippen LogP contribution in [0.4, 0.5) is 18.0 Å². The van der Waals surface area contributed by atoms with Gasteiger partial charge in [0, 0.05) is 35.5 Å². The normalized spacial score (nSPS) is 42.9. The Bertz CT molecular complexity index is 1150. The summed E-state index contributed by atoms with van der Waals surface area (Å²) in [6.07, 6.45) is 4.77. The molecule has 0 radical (unpaired) electrons. The van der Waals surface area contributed by atoms with Gasteiger partial charge in [0.15, 0.2) is 11.5 Å². The zero-order valence-electron chi connectivity index (χ0n) is 24.1. The van der Waals surface area contributed by atoms with Crippen molar-refractivity contribution in [2.24, 2.45) is 28.6 Å². The van der Waals surface area contributed by atoms with E-state index in [1.807, 2.05) is 0 Å². The van der Waals surface area contributed by atoms with Crippen molar-refractivity contribution in [3.63, 3.8) is 0 Å². The Hall–Kier alpha value is -2.36. The van der Waals surface area contributed by atoms with Crippen LogP contribution in [0.5, 0.6) is 0 Å². The lowest BCUT2D eigenvalue weighted by Crippen LogP contribution is -2.70. The molecule has 5 rings (SSSR count). The summed E-state index contributed by atoms with van der Waals surface area (Å²) in [7, 11) is 0. The average molecular weight is 583 g/mol. The van der Waals surface area contributed by atoms with Gasteiger partial charge in [0.25, 0.3) is 0 Å². The molecule has 5 aliphatic rings. The van der Waals surface area contributed by atoms with Gasteiger partial charge in [0.2, 0.25) is 12.5 Å². The van der Waals surface area contributed by atoms with Gasteiger partial charge in [0.05, 0.1) is 6.10 Å². The number of carbonyl (C=O) groups is 3. The highest BCUT2D eigenvalue weighted by Gasteiger charge is 2.78. The van der Waals surface area contributed by atoms with E-state index in [9.17, 15) is 23.9 Å². The number of esters is 1. The molecule has 0 spiro atoms. The predicted molar refractivity (Wildman–Crippen MR) is 141 cm³/mol. The standard InChI is InChI=1S/C31H41F3O7/c1-18-13-21-22-15-24(33)23-14-19(35)11-12-28(23,2)30(22,34)25(36)16-29(21,3)31(18,26(37)39-17-32)41-27(38)40-20-9-7-5-4-6-8-10-20/h11-12,18,20-22,25,36H,4-10,13-17H2,1-3H3/t18-,21+,22+,25+,28+,29+,30+,31+/m1/s1. The Morgan fingerprint density at radius 3 is 2.41 bits per heavy atom. The van der Waals surface area contributed by atoms with Crippen molar-refractivity contribution in [3.05, 3.63) is 23.6 Å². The number of allylic oxidation sites excluding steroid dienone is 4. The lowest BCUT2D eigenvalue weighted by atomic mass is 9.45. The van der Waals surface area contributed by atoms with Crippen LogP contribution in [0.1, 0.15) is 91.4 Å². The fourth-order valence-electron chi connectivity index (χ4n) is 9.18. The van der Waals surface area contributed by atoms with Crippen molar-refractivity contribution in [1.82, 2.24) is 0 Å². The van der Waals surface area contributed by atoms with Gasteiger partial charge < -0.3 is 19.3 Å². The molecule has 0 saturated heterocycles. The number of aliphatic hydroxyl groups is 1. The van der Waals surface area contributed by atoms with E-state index in [1.165, 1.54) is 19.1 Å². The number of aliphatic hydroxyl groups excluding tert-OH is 1. The molecule has 0 bridgehead atoms. The number of halogens is 3. The summed E-state index contributed by atoms with van der Waals surface area (Å²) in [5.41, 5.74) is -7.44. The minimum Gasteiger partial charge on any atom is -0.431 e. The molecule has 228 valence electrons. The quantitative estimate of drug-likeness (QED) is 0.384. The van der Waals surface area contributed by atoms with Gasteiger partial charge in [0.1, 0.15) is 11.9 Å². The number of alkyl halides is 2. The van der Waals surface area contributed by atoms with Gasteiger partial charge >= 0.3 is 12.1 Å². The van der Waals surface area contributed by atoms with E-state index in [2.05, 4.69) is 0 Å². The first kappa shape index (κ1) is 30.1. The summed E-state index contributed by atoms with van der Waals surface area (Å²) in [5.74, 6) is -4.73. The Labute approximate surface area is 238 Å². The maximum atomic E-state index is 17.5. The van der Waals surface area contributed by atoms with Crippen molar-refractivity contribution in [1.29, 1.82) is 0 Å². The fourth-order valence-corrected chi connectivity index (χ4v) is 9.18. The van der Waals surface area contributed by atoms with Crippen molar-refractivity contribution >= 4 is 17.9 Å². The largest absolute Gasteiger partial charge is 0.509 e. The second-order valence-corrected chi connectivity index (χ2v) is 13.2. The van der Waals surface area contributed by atoms with Crippen LogP contribution >= 0.6 is 0 Å². The molecule has 10 heteroatoms. The topological polar surface area (TPSA) is 99.1 Å². The molecule has 41 heavy (non-hydrogen) atoms. The molecular weight excluding hydrogens is 541 g/mol. The minimum absolute atomic E-state index is 0.0274. The summed E-state index contributed by atoms with van der Waals surface area (Å²) in [5, 5.41) is 11.6. The Kier molecular flexibility index (Phi) is 7.88. The Balaban J connectivity index is 1.53. The number of carbonyl (C=O) groups excluding carboxylic acids is 3. The number of rotatable bonds is 4. The zero-order chi connectivity index (χ0) is 29.8. The van der Waals surface area contributed by atoms with Crippen LogP contribution in [0, 0.1) is 28.6 Å². The van der Waals surface area contributed by atoms with Crippen molar-refractivity contribution in [2.75, 3.05) is 6.86 Å². The number of ether oxygens (including phenoxy) is 3. The molecule has 0 aliphatic heterocycles. The first-order valence-electron chi connectivity index (χ1n) is 14.9. The molecule has 3 fully saturated rings. The van der Waals surface area contributed by atoms with Gasteiger partial charge in [-0.1, -0.05) is 39.2 Å². The van der Waals surface area contributed by atoms with Crippen LogP contribution in [0.2, 0.25) is 0 Å². The molecule has 1 N–H and O–H groups in total. The van der Waals surface area contributed by atoms with E-state index < -0.39 is 76.9 Å². The third-order valence-electron chi connectivity index (χ3n) is 11.2. The van der Waals surface area contributed by atoms with E-state index in [4.69, 9.17) is 14.2 Å². The summed E-state index contributed by atoms with van der Waals surface area (Å²) < 4.78 is 63.0. The Morgan fingerprint density at radius 1 is 1.10 bits per heavy atom. The summed E-state index contributed by atoms with van der Waals surface area (Å²) in [6, 6.07) is 0. The van der Waals surface area contributed by atoms with Gasteiger partial charge in [-0.15, -0.1) is 0 Å². The Morgan fingerprint density at radius 2 is 1.76 bits per heavy atom. The highest BCUT2D eigenvalue weighted by atomic mass is 19.1. The molecule has 0 aromatic carbocycles. The summed E-state index contributed by atoms with van der Waals surface area (Å²) in [6.45, 7) is 3.27. The smallest absolute Gasteiger partial charge is 0.431 e. The summed E-state index contributed by atoms with van der Waals surface area (Å²) in [4.78, 5) is 39.0. The minimum atomic E-state index is -2.36. The average Bonchev–Trinajstić information content (AvgIpc) is 3.11. The first-order valence-corrected chi connectivity index (χ1v) is 14.9. The van der Waals surface area contributed by atoms with Crippen molar-refractivity contribution in [3.8, 4) is 0 Å². The van der Waals surface area contributed by atoms with E-state index in [-0.39, 0.29) is 37.0 Å². The first-order chi connectivity index (χ1) is 19.3. The van der Waals surface area contributed by atoms with Crippen molar-refractivity contribution in [2.45, 2.75) is 115 Å². The molecule has 0 amide bonds. The third-order valence-corrected chi connectivity index (χ3v) is 11.2. The highest BCUT2D eigenvalue weighted by Crippen LogP contribution is 2.71. The fraction of sp³-hybridized carbons (Fsp3) is 0.774. The van der Waals surface area contributed by atoms with E-state index in [0.29, 0.717) is 12.8 Å². The molecular formula is C31H41F3O7. The molecule has 0 aromatic heterocycles. The second kappa shape index (κ2) is 10.7. The highest BCUT2D eigenvalue weighted by molar-refractivity contribution is 5.93. The summed E-state index contributed by atoms with van der Waals surface area (Å²) >= 11 is 0. The SMILES string of the molecule is C[C@@H]1C[C@H]2[C@@H]3CC(F)=C4CC(=O)C=C[C@]4(C)[C@@]3(F)[C@@H](O)C[C@]2(C)[C@@]1(OC(=O)OC1CCCCCCC1)C(=O)OCF. The molecule has 0 heterocycles. The molecule has 8 atom stereocenters. The van der Waals surface area contributed by atoms with Crippen LogP contribution in [-0.2, 0) is 23.8 Å². The predicted octanol–water partition coefficient (Wildman–Crippen LogP) is 6.38. The number of hydrogen-bond donors (Lipinski definition) is 1. The zero-order valence-corrected chi connectivity index (χ0v) is 24.1. The van der Waals surface area contributed by atoms with Crippen LogP contribution in [0.3, 0.4) is 0 Å². The monoisotopic (exact) mass is 582 g/mol. The number of ketones is 1. The molecule has 7 nitrogen and oxygen atoms in total. The lowest BCUT2D eigenvalue weighted by Gasteiger charge is -2.62. The van der Waals surface area contributed by atoms with E-state index in [0.717, 1.165) is 32.1 Å². The molecule has 5 aliphatic carbocycles. The second-order valence-electron chi connectivity index (χ2n) is 13.2. The van der Waals surface area contributed by atoms with E-state index >= 15 is 8.78 Å². The van der Waals surface area contributed by atoms with Gasteiger partial charge in [-0.25, -0.2) is 22.8 Å². The van der Waals surface area contributed by atoms with Gasteiger partial charge in [-0.05, 0) is 63.0 Å². The van der Waals surface area contributed by atoms with Crippen LogP contribution < -0.4 is 0 Å². The van der Waals surface area contributed by atoms with Gasteiger partial charge in [-0.3, -0.25) is 4.79 Å². The molecule has 3 saturated carbocycles. The molecule has 0 aromatic rings. The third kappa shape index (κ3) is 4.37. The maximum absolute atomic E-state index is 17.5. The van der Waals surface area contributed by atoms with E-state index in [1.54, 1.807) is 13.8 Å². The number of fused-ring (bicyclic) bond motifs is 5. The van der Waals surface area contributed by atoms with Gasteiger partial charge in [-0.2, -0.15) is 0 Å². The van der Waals surface area contributed by atoms with Crippen LogP contribution in [0.15, 0.2) is 23.6 Å².